The summed E-state index contributed by atoms with van der Waals surface area (Å²) < 4.78 is 0. The molecule has 154 valence electrons. The van der Waals surface area contributed by atoms with Gasteiger partial charge in [-0.15, -0.1) is 0 Å². The summed E-state index contributed by atoms with van der Waals surface area (Å²) in [6, 6.07) is 18.5. The van der Waals surface area contributed by atoms with E-state index in [1.165, 1.54) is 0 Å². The average Bonchev–Trinajstić information content (AvgIpc) is 3.02. The average molecular weight is 423 g/mol. The van der Waals surface area contributed by atoms with E-state index in [0.29, 0.717) is 6.42 Å². The minimum atomic E-state index is -0.499. The topological polar surface area (TPSA) is 86.7 Å². The van der Waals surface area contributed by atoms with Crippen LogP contribution in [0.2, 0.25) is 0 Å². The predicted molar refractivity (Wildman–Crippen MR) is 117 cm³/mol. The van der Waals surface area contributed by atoms with Gasteiger partial charge in [-0.3, -0.25) is 19.3 Å². The fourth-order valence-electron chi connectivity index (χ4n) is 2.94. The van der Waals surface area contributed by atoms with E-state index in [1.54, 1.807) is 12.2 Å². The Bertz CT molecular complexity index is 958. The van der Waals surface area contributed by atoms with E-state index in [0.717, 1.165) is 27.8 Å². The second-order valence-electron chi connectivity index (χ2n) is 6.70. The van der Waals surface area contributed by atoms with Crippen LogP contribution in [0.5, 0.6) is 0 Å². The molecule has 0 unspecified atom stereocenters. The van der Waals surface area contributed by atoms with E-state index < -0.39 is 23.1 Å². The molecule has 7 heteroatoms. The zero-order chi connectivity index (χ0) is 21.3. The summed E-state index contributed by atoms with van der Waals surface area (Å²) >= 11 is 0.804. The summed E-state index contributed by atoms with van der Waals surface area (Å²) in [7, 11) is 0. The Labute approximate surface area is 179 Å². The van der Waals surface area contributed by atoms with Crippen LogP contribution in [0.25, 0.3) is 6.08 Å². The van der Waals surface area contributed by atoms with Gasteiger partial charge in [-0.25, -0.2) is 0 Å². The molecule has 3 rings (SSSR count). The van der Waals surface area contributed by atoms with Crippen LogP contribution in [0.15, 0.2) is 77.7 Å². The molecule has 6 nitrogen and oxygen atoms in total. The smallest absolute Gasteiger partial charge is 0.294 e. The van der Waals surface area contributed by atoms with Crippen molar-refractivity contribution >= 4 is 34.9 Å². The van der Waals surface area contributed by atoms with Gasteiger partial charge in [-0.05, 0) is 35.4 Å². The molecular weight excluding hydrogens is 400 g/mol. The molecule has 2 N–H and O–H groups in total. The number of hydrogen-bond donors (Lipinski definition) is 2. The lowest BCUT2D eigenvalue weighted by atomic mass is 10.1. The number of nitrogens with zero attached hydrogens (tertiary/aromatic N) is 1. The van der Waals surface area contributed by atoms with E-state index in [4.69, 9.17) is 0 Å². The van der Waals surface area contributed by atoms with Crippen molar-refractivity contribution in [1.29, 1.82) is 0 Å². The highest BCUT2D eigenvalue weighted by Gasteiger charge is 2.36. The first-order chi connectivity index (χ1) is 14.6. The molecule has 0 radical (unpaired) electrons. The molecule has 1 fully saturated rings. The van der Waals surface area contributed by atoms with Crippen molar-refractivity contribution in [3.8, 4) is 0 Å². The zero-order valence-corrected chi connectivity index (χ0v) is 17.0. The largest absolute Gasteiger partial charge is 0.394 e. The van der Waals surface area contributed by atoms with Crippen molar-refractivity contribution in [3.63, 3.8) is 0 Å². The number of carbonyl (C=O) groups is 3. The number of imide groups is 1. The van der Waals surface area contributed by atoms with Gasteiger partial charge in [-0.1, -0.05) is 72.8 Å². The van der Waals surface area contributed by atoms with Gasteiger partial charge < -0.3 is 10.4 Å². The lowest BCUT2D eigenvalue weighted by Gasteiger charge is -2.18. The molecule has 3 amide bonds. The van der Waals surface area contributed by atoms with Crippen LogP contribution in [0, 0.1) is 0 Å². The van der Waals surface area contributed by atoms with Gasteiger partial charge in [0.1, 0.15) is 6.54 Å². The van der Waals surface area contributed by atoms with E-state index in [-0.39, 0.29) is 18.1 Å². The Hall–Kier alpha value is -3.16. The van der Waals surface area contributed by atoms with Crippen molar-refractivity contribution in [2.45, 2.75) is 12.5 Å². The van der Waals surface area contributed by atoms with Crippen LogP contribution in [0.4, 0.5) is 4.79 Å². The first kappa shape index (κ1) is 21.5. The van der Waals surface area contributed by atoms with Gasteiger partial charge in [0, 0.05) is 0 Å². The van der Waals surface area contributed by atoms with Crippen molar-refractivity contribution in [3.05, 3.63) is 88.8 Å². The maximum Gasteiger partial charge on any atom is 0.294 e. The van der Waals surface area contributed by atoms with Crippen LogP contribution in [0.1, 0.15) is 11.1 Å². The number of amides is 3. The van der Waals surface area contributed by atoms with Crippen LogP contribution in [-0.4, -0.2) is 46.3 Å². The Kier molecular flexibility index (Phi) is 7.59. The second kappa shape index (κ2) is 10.6. The fourth-order valence-corrected chi connectivity index (χ4v) is 3.73. The number of thioether (sulfide) groups is 1. The predicted octanol–water partition coefficient (Wildman–Crippen LogP) is 3.00. The molecule has 1 heterocycles. The number of benzene rings is 2. The monoisotopic (exact) mass is 422 g/mol. The molecule has 1 aliphatic heterocycles. The number of hydrogen-bond acceptors (Lipinski definition) is 5. The maximum atomic E-state index is 12.5. The Balaban J connectivity index is 1.57. The van der Waals surface area contributed by atoms with Crippen LogP contribution < -0.4 is 5.32 Å². The summed E-state index contributed by atoms with van der Waals surface area (Å²) in [5.41, 5.74) is 1.94. The molecule has 2 aromatic carbocycles. The van der Waals surface area contributed by atoms with Crippen molar-refractivity contribution in [2.24, 2.45) is 0 Å². The molecule has 1 aliphatic rings. The summed E-state index contributed by atoms with van der Waals surface area (Å²) in [5, 5.41) is 11.7. The van der Waals surface area contributed by atoms with Gasteiger partial charge in [0.25, 0.3) is 11.1 Å². The fraction of sp³-hybridized carbons (Fsp3) is 0.174. The standard InChI is InChI=1S/C23H22N2O4S/c26-16-19(14-18-10-5-2-6-11-18)24-21(27)15-25-22(28)20(30-23(25)29)13-7-12-17-8-3-1-4-9-17/h1-13,19,26H,14-16H2,(H,24,27)/t19-/m1/s1. The normalized spacial score (nSPS) is 16.4. The van der Waals surface area contributed by atoms with E-state index in [2.05, 4.69) is 5.32 Å². The van der Waals surface area contributed by atoms with Crippen molar-refractivity contribution in [2.75, 3.05) is 13.2 Å². The quantitative estimate of drug-likeness (QED) is 0.639. The highest BCUT2D eigenvalue weighted by Crippen LogP contribution is 2.30. The molecule has 0 spiro atoms. The molecule has 2 aromatic rings. The van der Waals surface area contributed by atoms with Gasteiger partial charge >= 0.3 is 0 Å². The van der Waals surface area contributed by atoms with Gasteiger partial charge in [0.15, 0.2) is 0 Å². The first-order valence-electron chi connectivity index (χ1n) is 9.48. The summed E-state index contributed by atoms with van der Waals surface area (Å²) in [6.07, 6.45) is 5.56. The highest BCUT2D eigenvalue weighted by atomic mass is 32.2. The molecule has 1 saturated heterocycles. The molecule has 0 aromatic heterocycles. The minimum Gasteiger partial charge on any atom is -0.394 e. The highest BCUT2D eigenvalue weighted by molar-refractivity contribution is 8.18. The molecule has 0 bridgehead atoms. The number of aliphatic hydroxyl groups is 1. The Morgan fingerprint density at radius 2 is 1.73 bits per heavy atom. The summed E-state index contributed by atoms with van der Waals surface area (Å²) in [6.45, 7) is -0.623. The SMILES string of the molecule is O=C(CN1C(=O)SC(=CC=Cc2ccccc2)C1=O)N[C@@H](CO)Cc1ccccc1. The maximum absolute atomic E-state index is 12.5. The van der Waals surface area contributed by atoms with Gasteiger partial charge in [0.05, 0.1) is 17.6 Å². The number of rotatable bonds is 8. The van der Waals surface area contributed by atoms with Gasteiger partial charge in [-0.2, -0.15) is 0 Å². The van der Waals surface area contributed by atoms with Crippen LogP contribution >= 0.6 is 11.8 Å². The zero-order valence-electron chi connectivity index (χ0n) is 16.2. The molecule has 0 aliphatic carbocycles. The van der Waals surface area contributed by atoms with Crippen molar-refractivity contribution in [1.82, 2.24) is 10.2 Å². The Morgan fingerprint density at radius 3 is 2.40 bits per heavy atom. The number of nitrogens with one attached hydrogen (secondary N) is 1. The molecule has 1 atom stereocenters. The van der Waals surface area contributed by atoms with Crippen LogP contribution in [0.3, 0.4) is 0 Å². The first-order valence-corrected chi connectivity index (χ1v) is 10.3. The van der Waals surface area contributed by atoms with Gasteiger partial charge in [0.2, 0.25) is 5.91 Å². The van der Waals surface area contributed by atoms with E-state index >= 15 is 0 Å². The van der Waals surface area contributed by atoms with Crippen molar-refractivity contribution < 1.29 is 19.5 Å². The number of aliphatic hydroxyl groups excluding tert-OH is 1. The number of carbonyl (C=O) groups excluding carboxylic acids is 3. The van der Waals surface area contributed by atoms with Crippen LogP contribution in [-0.2, 0) is 16.0 Å². The minimum absolute atomic E-state index is 0.243. The lowest BCUT2D eigenvalue weighted by molar-refractivity contribution is -0.129. The third-order valence-electron chi connectivity index (χ3n) is 4.42. The van der Waals surface area contributed by atoms with E-state index in [1.807, 2.05) is 66.7 Å². The summed E-state index contributed by atoms with van der Waals surface area (Å²) in [5.74, 6) is -0.991. The second-order valence-corrected chi connectivity index (χ2v) is 7.69. The third kappa shape index (κ3) is 5.92. The third-order valence-corrected chi connectivity index (χ3v) is 5.35. The Morgan fingerprint density at radius 1 is 1.07 bits per heavy atom. The molecule has 30 heavy (non-hydrogen) atoms. The molecule has 0 saturated carbocycles. The lowest BCUT2D eigenvalue weighted by Crippen LogP contribution is -2.45. The van der Waals surface area contributed by atoms with E-state index in [9.17, 15) is 19.5 Å². The molecular formula is C23H22N2O4S. The number of allylic oxidation sites excluding steroid dienone is 2. The summed E-state index contributed by atoms with van der Waals surface area (Å²) in [4.78, 5) is 38.2.